The smallest absolute Gasteiger partial charge is 0.224 e. The van der Waals surface area contributed by atoms with Crippen LogP contribution in [0.2, 0.25) is 0 Å². The molecule has 0 bridgehead atoms. The second kappa shape index (κ2) is 8.66. The Morgan fingerprint density at radius 2 is 2.00 bits per heavy atom. The lowest BCUT2D eigenvalue weighted by molar-refractivity contribution is -0.133. The molecule has 144 valence electrons. The van der Waals surface area contributed by atoms with Gasteiger partial charge in [0.05, 0.1) is 0 Å². The molecule has 2 amide bonds. The molecule has 0 N–H and O–H groups in total. The molecule has 0 aliphatic carbocycles. The summed E-state index contributed by atoms with van der Waals surface area (Å²) < 4.78 is 2.25. The van der Waals surface area contributed by atoms with Gasteiger partial charge in [-0.05, 0) is 33.4 Å². The fourth-order valence-corrected chi connectivity index (χ4v) is 3.89. The molecule has 3 rings (SSSR count). The standard InChI is InChI=1S/C19H31N5O2/c1-21(2)14-15-24-13-8-20-19(24)16-5-10-23(11-6-16)18(26)7-12-22-9-3-4-17(22)25/h8,13,16H,3-7,9-12,14-15H2,1-2H3. The monoisotopic (exact) mass is 361 g/mol. The average molecular weight is 361 g/mol. The summed E-state index contributed by atoms with van der Waals surface area (Å²) in [6.07, 6.45) is 7.90. The maximum atomic E-state index is 12.5. The Morgan fingerprint density at radius 3 is 2.65 bits per heavy atom. The normalized spacial score (nSPS) is 19.0. The Labute approximate surface area is 156 Å². The van der Waals surface area contributed by atoms with Crippen LogP contribution in [-0.4, -0.2) is 82.9 Å². The fourth-order valence-electron chi connectivity index (χ4n) is 3.89. The van der Waals surface area contributed by atoms with Crippen molar-refractivity contribution in [3.8, 4) is 0 Å². The van der Waals surface area contributed by atoms with Crippen LogP contribution in [0.15, 0.2) is 12.4 Å². The molecule has 2 saturated heterocycles. The highest BCUT2D eigenvalue weighted by molar-refractivity contribution is 5.80. The van der Waals surface area contributed by atoms with Crippen LogP contribution < -0.4 is 0 Å². The van der Waals surface area contributed by atoms with Gasteiger partial charge in [0.2, 0.25) is 11.8 Å². The number of imidazole rings is 1. The molecule has 7 nitrogen and oxygen atoms in total. The van der Waals surface area contributed by atoms with E-state index in [2.05, 4.69) is 34.7 Å². The van der Waals surface area contributed by atoms with E-state index in [9.17, 15) is 9.59 Å². The molecule has 2 aliphatic heterocycles. The van der Waals surface area contributed by atoms with Crippen molar-refractivity contribution < 1.29 is 9.59 Å². The molecule has 0 saturated carbocycles. The molecule has 2 aliphatic rings. The molecule has 0 unspecified atom stereocenters. The first-order chi connectivity index (χ1) is 12.5. The quantitative estimate of drug-likeness (QED) is 0.731. The molecule has 1 aromatic rings. The van der Waals surface area contributed by atoms with Gasteiger partial charge in [0.1, 0.15) is 5.82 Å². The van der Waals surface area contributed by atoms with Crippen LogP contribution in [-0.2, 0) is 16.1 Å². The summed E-state index contributed by atoms with van der Waals surface area (Å²) >= 11 is 0. The van der Waals surface area contributed by atoms with E-state index in [0.717, 1.165) is 57.8 Å². The third-order valence-electron chi connectivity index (χ3n) is 5.52. The zero-order valence-electron chi connectivity index (χ0n) is 16.1. The molecule has 2 fully saturated rings. The Bertz CT molecular complexity index is 619. The van der Waals surface area contributed by atoms with Gasteiger partial charge in [0.25, 0.3) is 0 Å². The number of carbonyl (C=O) groups is 2. The second-order valence-corrected chi connectivity index (χ2v) is 7.67. The first kappa shape index (κ1) is 18.9. The van der Waals surface area contributed by atoms with E-state index >= 15 is 0 Å². The van der Waals surface area contributed by atoms with Crippen molar-refractivity contribution in [2.45, 2.75) is 44.6 Å². The topological polar surface area (TPSA) is 61.7 Å². The number of amides is 2. The lowest BCUT2D eigenvalue weighted by Gasteiger charge is -2.32. The van der Waals surface area contributed by atoms with E-state index in [-0.39, 0.29) is 11.8 Å². The van der Waals surface area contributed by atoms with Gasteiger partial charge in [-0.1, -0.05) is 0 Å². The predicted octanol–water partition coefficient (Wildman–Crippen LogP) is 1.16. The van der Waals surface area contributed by atoms with Crippen molar-refractivity contribution in [1.29, 1.82) is 0 Å². The molecule has 0 radical (unpaired) electrons. The lowest BCUT2D eigenvalue weighted by atomic mass is 9.95. The first-order valence-electron chi connectivity index (χ1n) is 9.76. The lowest BCUT2D eigenvalue weighted by Crippen LogP contribution is -2.40. The highest BCUT2D eigenvalue weighted by atomic mass is 16.2. The van der Waals surface area contributed by atoms with E-state index in [1.807, 2.05) is 16.0 Å². The second-order valence-electron chi connectivity index (χ2n) is 7.67. The first-order valence-corrected chi connectivity index (χ1v) is 9.76. The Kier molecular flexibility index (Phi) is 6.29. The molecular weight excluding hydrogens is 330 g/mol. The van der Waals surface area contributed by atoms with Crippen molar-refractivity contribution in [1.82, 2.24) is 24.3 Å². The summed E-state index contributed by atoms with van der Waals surface area (Å²) in [4.78, 5) is 34.7. The van der Waals surface area contributed by atoms with E-state index < -0.39 is 0 Å². The van der Waals surface area contributed by atoms with E-state index in [0.29, 0.717) is 25.3 Å². The maximum Gasteiger partial charge on any atom is 0.224 e. The molecule has 26 heavy (non-hydrogen) atoms. The molecule has 0 atom stereocenters. The Hall–Kier alpha value is -1.89. The fraction of sp³-hybridized carbons (Fsp3) is 0.737. The number of hydrogen-bond acceptors (Lipinski definition) is 4. The summed E-state index contributed by atoms with van der Waals surface area (Å²) in [6, 6.07) is 0. The summed E-state index contributed by atoms with van der Waals surface area (Å²) in [5.41, 5.74) is 0. The van der Waals surface area contributed by atoms with E-state index in [1.54, 1.807) is 0 Å². The number of likely N-dealkylation sites (N-methyl/N-ethyl adjacent to an activating group) is 1. The number of hydrogen-bond donors (Lipinski definition) is 0. The van der Waals surface area contributed by atoms with Crippen LogP contribution >= 0.6 is 0 Å². The van der Waals surface area contributed by atoms with Gasteiger partial charge in [-0.3, -0.25) is 9.59 Å². The summed E-state index contributed by atoms with van der Waals surface area (Å²) in [7, 11) is 4.16. The largest absolute Gasteiger partial charge is 0.343 e. The van der Waals surface area contributed by atoms with Crippen LogP contribution in [0.1, 0.15) is 43.8 Å². The van der Waals surface area contributed by atoms with Gasteiger partial charge >= 0.3 is 0 Å². The molecule has 0 aromatic carbocycles. The number of nitrogens with zero attached hydrogens (tertiary/aromatic N) is 5. The number of rotatable bonds is 7. The summed E-state index contributed by atoms with van der Waals surface area (Å²) in [5.74, 6) is 1.96. The van der Waals surface area contributed by atoms with Crippen molar-refractivity contribution >= 4 is 11.8 Å². The number of carbonyl (C=O) groups excluding carboxylic acids is 2. The number of likely N-dealkylation sites (tertiary alicyclic amines) is 2. The van der Waals surface area contributed by atoms with E-state index in [4.69, 9.17) is 0 Å². The van der Waals surface area contributed by atoms with Crippen molar-refractivity contribution in [2.75, 3.05) is 46.8 Å². The zero-order chi connectivity index (χ0) is 18.5. The van der Waals surface area contributed by atoms with Crippen molar-refractivity contribution in [3.05, 3.63) is 18.2 Å². The Balaban J connectivity index is 1.46. The van der Waals surface area contributed by atoms with Crippen LogP contribution in [0.5, 0.6) is 0 Å². The summed E-state index contributed by atoms with van der Waals surface area (Å²) in [6.45, 7) is 4.91. The summed E-state index contributed by atoms with van der Waals surface area (Å²) in [5, 5.41) is 0. The maximum absolute atomic E-state index is 12.5. The minimum atomic E-state index is 0.180. The molecule has 7 heteroatoms. The number of aromatic nitrogens is 2. The average Bonchev–Trinajstić information content (AvgIpc) is 3.26. The third-order valence-corrected chi connectivity index (χ3v) is 5.52. The van der Waals surface area contributed by atoms with Crippen LogP contribution in [0, 0.1) is 0 Å². The zero-order valence-corrected chi connectivity index (χ0v) is 16.1. The van der Waals surface area contributed by atoms with Crippen molar-refractivity contribution in [3.63, 3.8) is 0 Å². The van der Waals surface area contributed by atoms with Gasteiger partial charge in [-0.15, -0.1) is 0 Å². The Morgan fingerprint density at radius 1 is 1.23 bits per heavy atom. The number of piperidine rings is 1. The van der Waals surface area contributed by atoms with Crippen LogP contribution in [0.4, 0.5) is 0 Å². The minimum absolute atomic E-state index is 0.180. The highest BCUT2D eigenvalue weighted by Gasteiger charge is 2.27. The highest BCUT2D eigenvalue weighted by Crippen LogP contribution is 2.27. The predicted molar refractivity (Wildman–Crippen MR) is 99.8 cm³/mol. The van der Waals surface area contributed by atoms with Crippen molar-refractivity contribution in [2.24, 2.45) is 0 Å². The van der Waals surface area contributed by atoms with Gasteiger partial charge < -0.3 is 19.3 Å². The molecule has 0 spiro atoms. The van der Waals surface area contributed by atoms with Crippen LogP contribution in [0.25, 0.3) is 0 Å². The SMILES string of the molecule is CN(C)CCn1ccnc1C1CCN(C(=O)CCN2CCCC2=O)CC1. The molecule has 3 heterocycles. The molecular formula is C19H31N5O2. The minimum Gasteiger partial charge on any atom is -0.343 e. The van der Waals surface area contributed by atoms with Crippen LogP contribution in [0.3, 0.4) is 0 Å². The van der Waals surface area contributed by atoms with Gasteiger partial charge in [-0.25, -0.2) is 4.98 Å². The van der Waals surface area contributed by atoms with Gasteiger partial charge in [-0.2, -0.15) is 0 Å². The third kappa shape index (κ3) is 4.63. The van der Waals surface area contributed by atoms with Gasteiger partial charge in [0.15, 0.2) is 0 Å². The van der Waals surface area contributed by atoms with Gasteiger partial charge in [0, 0.05) is 70.4 Å². The van der Waals surface area contributed by atoms with E-state index in [1.165, 1.54) is 0 Å². The molecule has 1 aromatic heterocycles.